The summed E-state index contributed by atoms with van der Waals surface area (Å²) < 4.78 is 5.86. The number of nitrogens with zero attached hydrogens (tertiary/aromatic N) is 1. The Morgan fingerprint density at radius 1 is 0.861 bits per heavy atom. The lowest BCUT2D eigenvalue weighted by molar-refractivity contribution is -0.125. The van der Waals surface area contributed by atoms with Gasteiger partial charge in [0.25, 0.3) is 5.91 Å². The molecule has 1 amide bonds. The molecule has 3 aromatic carbocycles. The third-order valence-electron chi connectivity index (χ3n) is 5.41. The summed E-state index contributed by atoms with van der Waals surface area (Å²) in [5.74, 6) is -1.18. The number of carbonyl (C=O) groups excluding carboxylic acids is 2. The lowest BCUT2D eigenvalue weighted by Gasteiger charge is -2.19. The molecule has 0 radical (unpaired) electrons. The number of amides is 1. The van der Waals surface area contributed by atoms with Crippen molar-refractivity contribution in [1.29, 1.82) is 0 Å². The first kappa shape index (κ1) is 24.0. The molecule has 0 bridgehead atoms. The van der Waals surface area contributed by atoms with Crippen LogP contribution in [-0.2, 0) is 9.53 Å². The number of halogens is 2. The van der Waals surface area contributed by atoms with Gasteiger partial charge in [-0.3, -0.25) is 4.79 Å². The third-order valence-corrected chi connectivity index (χ3v) is 6.73. The van der Waals surface area contributed by atoms with Crippen LogP contribution in [-0.4, -0.2) is 16.9 Å². The Hall–Kier alpha value is -3.71. The normalized spacial score (nSPS) is 11.7. The van der Waals surface area contributed by atoms with Crippen LogP contribution in [0.25, 0.3) is 21.5 Å². The zero-order valence-electron chi connectivity index (χ0n) is 18.7. The Bertz CT molecular complexity index is 1540. The minimum atomic E-state index is -1.21. The van der Waals surface area contributed by atoms with E-state index in [2.05, 4.69) is 5.32 Å². The maximum atomic E-state index is 13.6. The number of pyridine rings is 1. The Labute approximate surface area is 221 Å². The van der Waals surface area contributed by atoms with E-state index in [9.17, 15) is 9.59 Å². The fourth-order valence-electron chi connectivity index (χ4n) is 3.80. The molecule has 2 heterocycles. The van der Waals surface area contributed by atoms with Crippen molar-refractivity contribution in [3.05, 3.63) is 118 Å². The van der Waals surface area contributed by atoms with Gasteiger partial charge in [-0.15, -0.1) is 11.3 Å². The van der Waals surface area contributed by atoms with Gasteiger partial charge in [-0.2, -0.15) is 0 Å². The number of hydrogen-bond acceptors (Lipinski definition) is 5. The molecule has 1 N–H and O–H groups in total. The summed E-state index contributed by atoms with van der Waals surface area (Å²) in [7, 11) is 0. The lowest BCUT2D eigenvalue weighted by Crippen LogP contribution is -2.26. The molecule has 2 aromatic heterocycles. The molecule has 0 spiro atoms. The van der Waals surface area contributed by atoms with Crippen LogP contribution in [0.5, 0.6) is 0 Å². The molecule has 0 aliphatic rings. The molecule has 36 heavy (non-hydrogen) atoms. The summed E-state index contributed by atoms with van der Waals surface area (Å²) in [6.07, 6.45) is -1.21. The molecule has 1 atom stereocenters. The van der Waals surface area contributed by atoms with Gasteiger partial charge in [0, 0.05) is 26.7 Å². The fraction of sp³-hybridized carbons (Fsp3) is 0.0357. The van der Waals surface area contributed by atoms with E-state index in [0.717, 1.165) is 4.88 Å². The summed E-state index contributed by atoms with van der Waals surface area (Å²) in [4.78, 5) is 32.5. The number of esters is 1. The highest BCUT2D eigenvalue weighted by Crippen LogP contribution is 2.30. The van der Waals surface area contributed by atoms with Crippen LogP contribution in [0.1, 0.15) is 22.0 Å². The van der Waals surface area contributed by atoms with Crippen LogP contribution in [0.4, 0.5) is 5.69 Å². The smallest absolute Gasteiger partial charge is 0.340 e. The molecular formula is C28H18Cl2N2O3S. The van der Waals surface area contributed by atoms with Crippen LogP contribution in [0, 0.1) is 0 Å². The number of carbonyl (C=O) groups is 2. The Morgan fingerprint density at radius 2 is 1.58 bits per heavy atom. The molecule has 0 saturated heterocycles. The van der Waals surface area contributed by atoms with E-state index in [1.54, 1.807) is 48.5 Å². The molecule has 0 unspecified atom stereocenters. The van der Waals surface area contributed by atoms with E-state index >= 15 is 0 Å². The highest BCUT2D eigenvalue weighted by Gasteiger charge is 2.27. The van der Waals surface area contributed by atoms with Crippen LogP contribution in [0.2, 0.25) is 10.0 Å². The van der Waals surface area contributed by atoms with Crippen molar-refractivity contribution in [1.82, 2.24) is 4.98 Å². The molecule has 0 aliphatic carbocycles. The van der Waals surface area contributed by atoms with Crippen molar-refractivity contribution in [3.8, 4) is 10.6 Å². The number of hydrogen-bond donors (Lipinski definition) is 1. The maximum Gasteiger partial charge on any atom is 0.340 e. The van der Waals surface area contributed by atoms with Gasteiger partial charge in [0.15, 0.2) is 0 Å². The Kier molecular flexibility index (Phi) is 7.00. The zero-order chi connectivity index (χ0) is 25.1. The van der Waals surface area contributed by atoms with Crippen molar-refractivity contribution >= 4 is 63.0 Å². The van der Waals surface area contributed by atoms with Crippen LogP contribution < -0.4 is 5.32 Å². The first-order valence-electron chi connectivity index (χ1n) is 10.9. The summed E-state index contributed by atoms with van der Waals surface area (Å²) in [5.41, 5.74) is 2.55. The average molecular weight is 533 g/mol. The van der Waals surface area contributed by atoms with Gasteiger partial charge in [0.05, 0.1) is 21.7 Å². The molecule has 5 aromatic rings. The van der Waals surface area contributed by atoms with Gasteiger partial charge < -0.3 is 10.1 Å². The summed E-state index contributed by atoms with van der Waals surface area (Å²) in [6.45, 7) is 0. The molecular weight excluding hydrogens is 515 g/mol. The van der Waals surface area contributed by atoms with Crippen LogP contribution in [0.3, 0.4) is 0 Å². The SMILES string of the molecule is O=C(O[C@H](C(=O)Nc1cc(Cl)cc(Cl)c1)c1ccccc1)c1cc(-c2cccs2)nc2ccccc12. The molecule has 178 valence electrons. The van der Waals surface area contributed by atoms with E-state index in [0.29, 0.717) is 43.5 Å². The van der Waals surface area contributed by atoms with E-state index in [-0.39, 0.29) is 0 Å². The number of para-hydroxylation sites is 1. The number of thiophene rings is 1. The van der Waals surface area contributed by atoms with Crippen molar-refractivity contribution in [2.24, 2.45) is 0 Å². The number of ether oxygens (including phenoxy) is 1. The molecule has 0 aliphatic heterocycles. The number of rotatable bonds is 6. The summed E-state index contributed by atoms with van der Waals surface area (Å²) >= 11 is 13.7. The first-order valence-corrected chi connectivity index (χ1v) is 12.6. The fourth-order valence-corrected chi connectivity index (χ4v) is 5.01. The van der Waals surface area contributed by atoms with Crippen LogP contribution >= 0.6 is 34.5 Å². The number of aromatic nitrogens is 1. The quantitative estimate of drug-likeness (QED) is 0.226. The van der Waals surface area contributed by atoms with Gasteiger partial charge in [-0.25, -0.2) is 9.78 Å². The van der Waals surface area contributed by atoms with E-state index in [1.807, 2.05) is 47.8 Å². The lowest BCUT2D eigenvalue weighted by atomic mass is 10.1. The predicted molar refractivity (Wildman–Crippen MR) is 145 cm³/mol. The Balaban J connectivity index is 1.51. The molecule has 5 rings (SSSR count). The van der Waals surface area contributed by atoms with E-state index in [1.165, 1.54) is 11.3 Å². The number of nitrogens with one attached hydrogen (secondary N) is 1. The Morgan fingerprint density at radius 3 is 2.31 bits per heavy atom. The summed E-state index contributed by atoms with van der Waals surface area (Å²) in [5, 5.41) is 6.08. The van der Waals surface area contributed by atoms with E-state index in [4.69, 9.17) is 32.9 Å². The minimum Gasteiger partial charge on any atom is -0.444 e. The van der Waals surface area contributed by atoms with Gasteiger partial charge in [0.2, 0.25) is 6.10 Å². The molecule has 5 nitrogen and oxygen atoms in total. The second-order valence-electron chi connectivity index (χ2n) is 7.89. The standard InChI is InChI=1S/C28H18Cl2N2O3S/c29-18-13-19(30)15-20(14-18)31-27(33)26(17-7-2-1-3-8-17)35-28(34)22-16-24(25-11-6-12-36-25)32-23-10-5-4-9-21(22)23/h1-16,26H,(H,31,33)/t26-/m0/s1. The molecule has 0 fully saturated rings. The maximum absolute atomic E-state index is 13.6. The van der Waals surface area contributed by atoms with Crippen molar-refractivity contribution in [2.75, 3.05) is 5.32 Å². The average Bonchev–Trinajstić information content (AvgIpc) is 3.41. The number of benzene rings is 3. The second-order valence-corrected chi connectivity index (χ2v) is 9.71. The van der Waals surface area contributed by atoms with Crippen molar-refractivity contribution in [3.63, 3.8) is 0 Å². The monoisotopic (exact) mass is 532 g/mol. The summed E-state index contributed by atoms with van der Waals surface area (Å²) in [6, 6.07) is 26.4. The highest BCUT2D eigenvalue weighted by molar-refractivity contribution is 7.13. The van der Waals surface area contributed by atoms with Gasteiger partial charge in [-0.1, -0.05) is 77.8 Å². The van der Waals surface area contributed by atoms with Crippen molar-refractivity contribution < 1.29 is 14.3 Å². The van der Waals surface area contributed by atoms with Gasteiger partial charge in [0.1, 0.15) is 0 Å². The largest absolute Gasteiger partial charge is 0.444 e. The number of anilines is 1. The minimum absolute atomic E-state index is 0.323. The predicted octanol–water partition coefficient (Wildman–Crippen LogP) is 7.81. The molecule has 0 saturated carbocycles. The zero-order valence-corrected chi connectivity index (χ0v) is 21.0. The van der Waals surface area contributed by atoms with Gasteiger partial charge in [-0.05, 0) is 41.8 Å². The second kappa shape index (κ2) is 10.5. The molecule has 8 heteroatoms. The van der Waals surface area contributed by atoms with Gasteiger partial charge >= 0.3 is 5.97 Å². The van der Waals surface area contributed by atoms with E-state index < -0.39 is 18.0 Å². The third kappa shape index (κ3) is 5.26. The first-order chi connectivity index (χ1) is 17.5. The number of fused-ring (bicyclic) bond motifs is 1. The topological polar surface area (TPSA) is 68.3 Å². The van der Waals surface area contributed by atoms with Crippen LogP contribution in [0.15, 0.2) is 96.4 Å². The highest BCUT2D eigenvalue weighted by atomic mass is 35.5. The van der Waals surface area contributed by atoms with Crippen molar-refractivity contribution in [2.45, 2.75) is 6.10 Å².